The first kappa shape index (κ1) is 16.3. The molecule has 0 amide bonds. The van der Waals surface area contributed by atoms with E-state index in [0.717, 1.165) is 6.42 Å². The Morgan fingerprint density at radius 1 is 1.05 bits per heavy atom. The summed E-state index contributed by atoms with van der Waals surface area (Å²) in [7, 11) is -0.796. The lowest BCUT2D eigenvalue weighted by atomic mass is 9.82. The van der Waals surface area contributed by atoms with Crippen molar-refractivity contribution < 1.29 is 0 Å². The number of rotatable bonds is 4. The molecular formula is C20H30Si. The van der Waals surface area contributed by atoms with Gasteiger partial charge in [0.15, 0.2) is 0 Å². The Labute approximate surface area is 132 Å². The molecule has 0 aromatic heterocycles. The number of allylic oxidation sites excluding steroid dienone is 4. The summed E-state index contributed by atoms with van der Waals surface area (Å²) in [5.74, 6) is 1.18. The number of hydrogen-bond acceptors (Lipinski definition) is 0. The van der Waals surface area contributed by atoms with Gasteiger partial charge >= 0.3 is 0 Å². The second-order valence-electron chi connectivity index (χ2n) is 7.26. The van der Waals surface area contributed by atoms with Crippen molar-refractivity contribution in [3.8, 4) is 0 Å². The molecule has 0 bridgehead atoms. The van der Waals surface area contributed by atoms with E-state index >= 15 is 0 Å². The van der Waals surface area contributed by atoms with E-state index in [1.807, 2.05) is 0 Å². The van der Waals surface area contributed by atoms with Gasteiger partial charge in [0.1, 0.15) is 0 Å². The molecule has 0 fully saturated rings. The van der Waals surface area contributed by atoms with Crippen molar-refractivity contribution >= 4 is 19.6 Å². The van der Waals surface area contributed by atoms with Crippen molar-refractivity contribution in [3.63, 3.8) is 0 Å². The van der Waals surface area contributed by atoms with Crippen molar-refractivity contribution in [3.05, 3.63) is 46.5 Å². The molecule has 0 saturated carbocycles. The van der Waals surface area contributed by atoms with Crippen LogP contribution in [0.5, 0.6) is 0 Å². The summed E-state index contributed by atoms with van der Waals surface area (Å²) in [6.45, 7) is 16.6. The van der Waals surface area contributed by atoms with Crippen LogP contribution in [0.4, 0.5) is 0 Å². The van der Waals surface area contributed by atoms with Gasteiger partial charge in [-0.3, -0.25) is 0 Å². The van der Waals surface area contributed by atoms with Gasteiger partial charge < -0.3 is 0 Å². The maximum atomic E-state index is 2.54. The maximum absolute atomic E-state index is 2.54. The monoisotopic (exact) mass is 298 g/mol. The van der Waals surface area contributed by atoms with Gasteiger partial charge in [-0.05, 0) is 53.0 Å². The molecular weight excluding hydrogens is 268 g/mol. The van der Waals surface area contributed by atoms with Crippen LogP contribution in [-0.2, 0) is 0 Å². The molecule has 1 aromatic rings. The first-order chi connectivity index (χ1) is 9.84. The summed E-state index contributed by atoms with van der Waals surface area (Å²) in [6, 6.07) is 2.54. The summed E-state index contributed by atoms with van der Waals surface area (Å²) in [4.78, 5) is 0. The molecule has 0 aliphatic heterocycles. The van der Waals surface area contributed by atoms with E-state index in [4.69, 9.17) is 0 Å². The Morgan fingerprint density at radius 2 is 1.71 bits per heavy atom. The predicted octanol–water partition coefficient (Wildman–Crippen LogP) is 5.28. The molecule has 1 heteroatoms. The largest absolute Gasteiger partial charge is 0.0801 e. The number of benzene rings is 1. The molecule has 0 radical (unpaired) electrons. The zero-order chi connectivity index (χ0) is 15.7. The topological polar surface area (TPSA) is 0 Å². The first-order valence-corrected chi connectivity index (χ1v) is 11.3. The fourth-order valence-corrected chi connectivity index (χ4v) is 5.15. The van der Waals surface area contributed by atoms with E-state index in [9.17, 15) is 0 Å². The van der Waals surface area contributed by atoms with Gasteiger partial charge in [-0.15, -0.1) is 0 Å². The van der Waals surface area contributed by atoms with E-state index in [-0.39, 0.29) is 0 Å². The molecule has 0 spiro atoms. The number of hydrogen-bond donors (Lipinski definition) is 0. The quantitative estimate of drug-likeness (QED) is 0.663. The Kier molecular flexibility index (Phi) is 4.93. The molecule has 1 aliphatic carbocycles. The highest BCUT2D eigenvalue weighted by Crippen LogP contribution is 2.37. The second-order valence-corrected chi connectivity index (χ2v) is 10.2. The van der Waals surface area contributed by atoms with Crippen LogP contribution in [-0.4, -0.2) is 8.80 Å². The lowest BCUT2D eigenvalue weighted by molar-refractivity contribution is 0.821. The van der Waals surface area contributed by atoms with Gasteiger partial charge in [-0.1, -0.05) is 70.3 Å². The Balaban J connectivity index is 2.79. The fourth-order valence-electron chi connectivity index (χ4n) is 3.61. The van der Waals surface area contributed by atoms with Gasteiger partial charge in [0.25, 0.3) is 0 Å². The minimum atomic E-state index is -0.796. The Bertz CT molecular complexity index is 586. The average Bonchev–Trinajstić information content (AvgIpc) is 2.90. The molecule has 21 heavy (non-hydrogen) atoms. The van der Waals surface area contributed by atoms with Gasteiger partial charge in [-0.2, -0.15) is 0 Å². The van der Waals surface area contributed by atoms with Crippen LogP contribution in [0, 0.1) is 6.92 Å². The lowest BCUT2D eigenvalue weighted by Crippen LogP contribution is -2.29. The summed E-state index contributed by atoms with van der Waals surface area (Å²) in [5, 5.41) is 1.66. The highest BCUT2D eigenvalue weighted by atomic mass is 28.3. The van der Waals surface area contributed by atoms with Gasteiger partial charge in [0, 0.05) is 0 Å². The molecule has 1 aromatic carbocycles. The summed E-state index contributed by atoms with van der Waals surface area (Å²) in [6.07, 6.45) is 7.91. The third kappa shape index (κ3) is 3.08. The molecule has 0 nitrogen and oxygen atoms in total. The highest BCUT2D eigenvalue weighted by Gasteiger charge is 2.23. The van der Waals surface area contributed by atoms with Gasteiger partial charge in [-0.25, -0.2) is 0 Å². The van der Waals surface area contributed by atoms with Crippen LogP contribution in [0.2, 0.25) is 13.1 Å². The SMILES string of the molecule is Cc1c([SiH](C)C)cc(C(C)C)c(C2=CC=CC2)c1C(C)C. The van der Waals surface area contributed by atoms with E-state index in [0.29, 0.717) is 11.8 Å². The maximum Gasteiger partial charge on any atom is 0.0651 e. The first-order valence-electron chi connectivity index (χ1n) is 8.37. The highest BCUT2D eigenvalue weighted by molar-refractivity contribution is 6.71. The molecule has 0 N–H and O–H groups in total. The summed E-state index contributed by atoms with van der Waals surface area (Å²) < 4.78 is 0. The van der Waals surface area contributed by atoms with Crippen LogP contribution < -0.4 is 5.19 Å². The minimum absolute atomic E-state index is 0.589. The van der Waals surface area contributed by atoms with E-state index in [2.05, 4.69) is 72.0 Å². The average molecular weight is 299 g/mol. The van der Waals surface area contributed by atoms with Crippen molar-refractivity contribution in [2.75, 3.05) is 0 Å². The van der Waals surface area contributed by atoms with Gasteiger partial charge in [0.2, 0.25) is 0 Å². The fraction of sp³-hybridized carbons (Fsp3) is 0.500. The van der Waals surface area contributed by atoms with Crippen molar-refractivity contribution in [2.45, 2.75) is 66.0 Å². The standard InChI is InChI=1S/C20H30Si/c1-13(2)17-12-18(21(6)7)15(5)19(14(3)4)20(17)16-10-8-9-11-16/h8-10,12-14,21H,11H2,1-7H3. The third-order valence-electron chi connectivity index (χ3n) is 4.62. The van der Waals surface area contributed by atoms with Crippen LogP contribution in [0.3, 0.4) is 0 Å². The molecule has 2 rings (SSSR count). The third-order valence-corrected chi connectivity index (χ3v) is 6.46. The van der Waals surface area contributed by atoms with Gasteiger partial charge in [0.05, 0.1) is 8.80 Å². The van der Waals surface area contributed by atoms with E-state index in [1.165, 1.54) is 5.57 Å². The van der Waals surface area contributed by atoms with Crippen LogP contribution in [0.25, 0.3) is 5.57 Å². The molecule has 0 saturated heterocycles. The van der Waals surface area contributed by atoms with E-state index in [1.54, 1.807) is 27.4 Å². The van der Waals surface area contributed by atoms with Crippen LogP contribution in [0.15, 0.2) is 24.3 Å². The van der Waals surface area contributed by atoms with Crippen molar-refractivity contribution in [2.24, 2.45) is 0 Å². The molecule has 0 atom stereocenters. The Morgan fingerprint density at radius 3 is 2.14 bits per heavy atom. The molecule has 1 aliphatic rings. The molecule has 0 heterocycles. The normalized spacial score (nSPS) is 14.7. The van der Waals surface area contributed by atoms with Crippen LogP contribution in [0.1, 0.15) is 68.2 Å². The predicted molar refractivity (Wildman–Crippen MR) is 99.6 cm³/mol. The van der Waals surface area contributed by atoms with Crippen LogP contribution >= 0.6 is 0 Å². The molecule has 0 unspecified atom stereocenters. The summed E-state index contributed by atoms with van der Waals surface area (Å²) in [5.41, 5.74) is 7.81. The Hall–Kier alpha value is -1.08. The summed E-state index contributed by atoms with van der Waals surface area (Å²) >= 11 is 0. The zero-order valence-electron chi connectivity index (χ0n) is 14.7. The second kappa shape index (κ2) is 6.35. The zero-order valence-corrected chi connectivity index (χ0v) is 15.9. The minimum Gasteiger partial charge on any atom is -0.0801 e. The smallest absolute Gasteiger partial charge is 0.0651 e. The lowest BCUT2D eigenvalue weighted by Gasteiger charge is -2.26. The molecule has 114 valence electrons. The van der Waals surface area contributed by atoms with Crippen molar-refractivity contribution in [1.82, 2.24) is 0 Å². The van der Waals surface area contributed by atoms with Crippen molar-refractivity contribution in [1.29, 1.82) is 0 Å². The van der Waals surface area contributed by atoms with E-state index < -0.39 is 8.80 Å².